The van der Waals surface area contributed by atoms with Crippen molar-refractivity contribution in [3.8, 4) is 5.69 Å². The number of rotatable bonds is 4. The minimum absolute atomic E-state index is 0.0491. The number of nitrogens with one attached hydrogen (secondary N) is 1. The molecule has 0 bridgehead atoms. The van der Waals surface area contributed by atoms with Gasteiger partial charge in [-0.15, -0.1) is 0 Å². The molecule has 7 heteroatoms. The maximum atomic E-state index is 13.2. The van der Waals surface area contributed by atoms with Crippen LogP contribution in [0.25, 0.3) is 5.69 Å². The number of aryl methyl sites for hydroxylation is 2. The molecule has 2 heterocycles. The van der Waals surface area contributed by atoms with Crippen LogP contribution in [0.2, 0.25) is 0 Å². The maximum absolute atomic E-state index is 13.2. The van der Waals surface area contributed by atoms with Crippen molar-refractivity contribution < 1.29 is 9.59 Å². The lowest BCUT2D eigenvalue weighted by atomic mass is 10.1. The van der Waals surface area contributed by atoms with Crippen molar-refractivity contribution in [2.24, 2.45) is 0 Å². The topological polar surface area (TPSA) is 67.2 Å². The Kier molecular flexibility index (Phi) is 5.63. The minimum Gasteiger partial charge on any atom is -0.324 e. The molecule has 1 atom stereocenters. The van der Waals surface area contributed by atoms with Gasteiger partial charge in [-0.05, 0) is 50.1 Å². The largest absolute Gasteiger partial charge is 0.324 e. The Hall–Kier alpha value is -3.06. The van der Waals surface area contributed by atoms with Gasteiger partial charge in [-0.1, -0.05) is 36.0 Å². The molecule has 1 aliphatic rings. The number of carbonyl (C=O) groups excluding carboxylic acids is 2. The standard InChI is InChI=1S/C23H24N4O2S/c1-15-8-9-16(2)20(12-15)26-11-10-24-23(26)30-14-22(29)27-17(3)13-21(28)25-18-6-4-5-7-19(18)27/h4-12,17H,13-14H2,1-3H3,(H,25,28). The zero-order valence-corrected chi connectivity index (χ0v) is 18.1. The van der Waals surface area contributed by atoms with Crippen molar-refractivity contribution in [3.63, 3.8) is 0 Å². The number of hydrogen-bond acceptors (Lipinski definition) is 4. The van der Waals surface area contributed by atoms with E-state index >= 15 is 0 Å². The van der Waals surface area contributed by atoms with E-state index in [1.54, 1.807) is 11.1 Å². The molecular weight excluding hydrogens is 396 g/mol. The number of benzene rings is 2. The molecular formula is C23H24N4O2S. The number of aromatic nitrogens is 2. The van der Waals surface area contributed by atoms with Crippen LogP contribution in [0, 0.1) is 13.8 Å². The van der Waals surface area contributed by atoms with E-state index in [1.807, 2.05) is 42.0 Å². The molecule has 0 spiro atoms. The summed E-state index contributed by atoms with van der Waals surface area (Å²) in [6.07, 6.45) is 3.93. The SMILES string of the molecule is Cc1ccc(C)c(-n2ccnc2SCC(=O)N2c3ccccc3NC(=O)CC2C)c1. The van der Waals surface area contributed by atoms with E-state index in [1.165, 1.54) is 17.3 Å². The van der Waals surface area contributed by atoms with Crippen LogP contribution >= 0.6 is 11.8 Å². The lowest BCUT2D eigenvalue weighted by Crippen LogP contribution is -2.40. The molecule has 1 N–H and O–H groups in total. The van der Waals surface area contributed by atoms with Gasteiger partial charge >= 0.3 is 0 Å². The highest BCUT2D eigenvalue weighted by Crippen LogP contribution is 2.32. The van der Waals surface area contributed by atoms with E-state index in [2.05, 4.69) is 42.3 Å². The van der Waals surface area contributed by atoms with E-state index in [4.69, 9.17) is 0 Å². The van der Waals surface area contributed by atoms with Gasteiger partial charge in [0.15, 0.2) is 5.16 Å². The molecule has 30 heavy (non-hydrogen) atoms. The van der Waals surface area contributed by atoms with Crippen molar-refractivity contribution in [1.29, 1.82) is 0 Å². The highest BCUT2D eigenvalue weighted by Gasteiger charge is 2.29. The van der Waals surface area contributed by atoms with Crippen LogP contribution in [0.3, 0.4) is 0 Å². The van der Waals surface area contributed by atoms with Gasteiger partial charge < -0.3 is 10.2 Å². The number of amides is 2. The molecule has 0 saturated heterocycles. The number of imidazole rings is 1. The highest BCUT2D eigenvalue weighted by atomic mass is 32.2. The summed E-state index contributed by atoms with van der Waals surface area (Å²) in [7, 11) is 0. The van der Waals surface area contributed by atoms with Crippen LogP contribution in [0.4, 0.5) is 11.4 Å². The Morgan fingerprint density at radius 3 is 2.83 bits per heavy atom. The molecule has 2 aromatic carbocycles. The van der Waals surface area contributed by atoms with Gasteiger partial charge in [0, 0.05) is 24.9 Å². The molecule has 1 aliphatic heterocycles. The smallest absolute Gasteiger partial charge is 0.237 e. The third kappa shape index (κ3) is 3.98. The van der Waals surface area contributed by atoms with Crippen LogP contribution in [0.1, 0.15) is 24.5 Å². The Morgan fingerprint density at radius 2 is 2.00 bits per heavy atom. The average molecular weight is 421 g/mol. The summed E-state index contributed by atoms with van der Waals surface area (Å²) in [5, 5.41) is 3.66. The molecule has 0 radical (unpaired) electrons. The Balaban J connectivity index is 1.57. The fourth-order valence-electron chi connectivity index (χ4n) is 3.72. The van der Waals surface area contributed by atoms with Crippen molar-refractivity contribution in [1.82, 2.24) is 9.55 Å². The summed E-state index contributed by atoms with van der Waals surface area (Å²) in [6.45, 7) is 6.03. The predicted octanol–water partition coefficient (Wildman–Crippen LogP) is 4.35. The van der Waals surface area contributed by atoms with Gasteiger partial charge in [0.2, 0.25) is 11.8 Å². The summed E-state index contributed by atoms with van der Waals surface area (Å²) in [5.41, 5.74) is 4.78. The molecule has 0 fully saturated rings. The van der Waals surface area contributed by atoms with Gasteiger partial charge in [0.05, 0.1) is 22.8 Å². The van der Waals surface area contributed by atoms with Crippen molar-refractivity contribution in [2.45, 2.75) is 38.4 Å². The molecule has 1 unspecified atom stereocenters. The molecule has 6 nitrogen and oxygen atoms in total. The second kappa shape index (κ2) is 8.36. The number of nitrogens with zero attached hydrogens (tertiary/aromatic N) is 3. The number of thioether (sulfide) groups is 1. The quantitative estimate of drug-likeness (QED) is 0.638. The first-order chi connectivity index (χ1) is 14.4. The molecule has 0 aliphatic carbocycles. The number of para-hydroxylation sites is 2. The van der Waals surface area contributed by atoms with Gasteiger partial charge in [-0.25, -0.2) is 4.98 Å². The zero-order valence-electron chi connectivity index (χ0n) is 17.3. The Morgan fingerprint density at radius 1 is 1.20 bits per heavy atom. The van der Waals surface area contributed by atoms with E-state index in [9.17, 15) is 9.59 Å². The lowest BCUT2D eigenvalue weighted by Gasteiger charge is -2.27. The third-order valence-electron chi connectivity index (χ3n) is 5.18. The van der Waals surface area contributed by atoms with Gasteiger partial charge in [-0.2, -0.15) is 0 Å². The predicted molar refractivity (Wildman–Crippen MR) is 120 cm³/mol. The Labute approximate surface area is 180 Å². The fraction of sp³-hybridized carbons (Fsp3) is 0.261. The fourth-order valence-corrected chi connectivity index (χ4v) is 4.55. The first-order valence-electron chi connectivity index (χ1n) is 9.89. The van der Waals surface area contributed by atoms with Gasteiger partial charge in [-0.3, -0.25) is 14.2 Å². The number of anilines is 2. The summed E-state index contributed by atoms with van der Waals surface area (Å²) >= 11 is 1.40. The normalized spacial score (nSPS) is 16.0. The molecule has 1 aromatic heterocycles. The summed E-state index contributed by atoms with van der Waals surface area (Å²) < 4.78 is 2.02. The minimum atomic E-state index is -0.222. The average Bonchev–Trinajstić information content (AvgIpc) is 3.13. The van der Waals surface area contributed by atoms with Crippen molar-refractivity contribution in [3.05, 3.63) is 66.0 Å². The molecule has 0 saturated carbocycles. The first-order valence-corrected chi connectivity index (χ1v) is 10.9. The maximum Gasteiger partial charge on any atom is 0.237 e. The van der Waals surface area contributed by atoms with E-state index < -0.39 is 0 Å². The van der Waals surface area contributed by atoms with Crippen LogP contribution in [0.5, 0.6) is 0 Å². The van der Waals surface area contributed by atoms with Crippen LogP contribution in [-0.4, -0.2) is 33.2 Å². The second-order valence-electron chi connectivity index (χ2n) is 7.54. The number of carbonyl (C=O) groups is 2. The lowest BCUT2D eigenvalue weighted by molar-refractivity contribution is -0.117. The van der Waals surface area contributed by atoms with Gasteiger partial charge in [0.25, 0.3) is 0 Å². The van der Waals surface area contributed by atoms with Crippen molar-refractivity contribution in [2.75, 3.05) is 16.0 Å². The zero-order chi connectivity index (χ0) is 21.3. The van der Waals surface area contributed by atoms with E-state index in [-0.39, 0.29) is 30.0 Å². The summed E-state index contributed by atoms with van der Waals surface area (Å²) in [5.74, 6) is 0.102. The second-order valence-corrected chi connectivity index (χ2v) is 8.48. The highest BCUT2D eigenvalue weighted by molar-refractivity contribution is 7.99. The van der Waals surface area contributed by atoms with Gasteiger partial charge in [0.1, 0.15) is 0 Å². The summed E-state index contributed by atoms with van der Waals surface area (Å²) in [6, 6.07) is 13.5. The van der Waals surface area contributed by atoms with Crippen molar-refractivity contribution >= 4 is 35.0 Å². The van der Waals surface area contributed by atoms with E-state index in [0.29, 0.717) is 5.69 Å². The third-order valence-corrected chi connectivity index (χ3v) is 6.14. The molecule has 2 amide bonds. The van der Waals surface area contributed by atoms with Crippen LogP contribution in [-0.2, 0) is 9.59 Å². The summed E-state index contributed by atoms with van der Waals surface area (Å²) in [4.78, 5) is 31.6. The first kappa shape index (κ1) is 20.2. The number of hydrogen-bond donors (Lipinski definition) is 1. The number of fused-ring (bicyclic) bond motifs is 1. The van der Waals surface area contributed by atoms with Crippen LogP contribution in [0.15, 0.2) is 60.0 Å². The molecule has 4 rings (SSSR count). The Bertz CT molecular complexity index is 1110. The van der Waals surface area contributed by atoms with E-state index in [0.717, 1.165) is 22.1 Å². The van der Waals surface area contributed by atoms with Crippen LogP contribution < -0.4 is 10.2 Å². The monoisotopic (exact) mass is 420 g/mol. The molecule has 154 valence electrons. The molecule has 3 aromatic rings.